The zero-order chi connectivity index (χ0) is 18.4. The molecule has 1 spiro atoms. The van der Waals surface area contributed by atoms with Crippen LogP contribution in [0.2, 0.25) is 0 Å². The molecule has 1 fully saturated rings. The number of halogens is 1. The van der Waals surface area contributed by atoms with Crippen LogP contribution in [0.1, 0.15) is 41.6 Å². The molecule has 0 N–H and O–H groups in total. The second kappa shape index (κ2) is 6.05. The van der Waals surface area contributed by atoms with Gasteiger partial charge in [-0.1, -0.05) is 25.0 Å². The summed E-state index contributed by atoms with van der Waals surface area (Å²) in [6.45, 7) is 0.564. The molecule has 5 heteroatoms. The van der Waals surface area contributed by atoms with Crippen LogP contribution in [0, 0.1) is 5.82 Å². The molecule has 1 saturated carbocycles. The molecular weight excluding hydrogens is 341 g/mol. The van der Waals surface area contributed by atoms with Crippen LogP contribution in [0.25, 0.3) is 5.69 Å². The summed E-state index contributed by atoms with van der Waals surface area (Å²) in [6.07, 6.45) is 7.61. The highest BCUT2D eigenvalue weighted by Gasteiger charge is 2.48. The highest BCUT2D eigenvalue weighted by Crippen LogP contribution is 2.51. The lowest BCUT2D eigenvalue weighted by atomic mass is 9.80. The lowest BCUT2D eigenvalue weighted by Gasteiger charge is -2.25. The summed E-state index contributed by atoms with van der Waals surface area (Å²) in [4.78, 5) is 15.1. The van der Waals surface area contributed by atoms with Gasteiger partial charge in [0, 0.05) is 35.5 Å². The van der Waals surface area contributed by atoms with E-state index in [1.807, 2.05) is 42.6 Å². The smallest absolute Gasteiger partial charge is 0.258 e. The van der Waals surface area contributed by atoms with Gasteiger partial charge in [0.1, 0.15) is 5.82 Å². The maximum atomic E-state index is 14.7. The van der Waals surface area contributed by atoms with Crippen LogP contribution in [0.15, 0.2) is 60.9 Å². The highest BCUT2D eigenvalue weighted by atomic mass is 19.1. The number of carbonyl (C=O) groups excluding carboxylic acids is 1. The summed E-state index contributed by atoms with van der Waals surface area (Å²) in [6, 6.07) is 14.4. The number of hydrogen-bond acceptors (Lipinski definition) is 2. The van der Waals surface area contributed by atoms with E-state index in [4.69, 9.17) is 0 Å². The fourth-order valence-corrected chi connectivity index (χ4v) is 4.73. The van der Waals surface area contributed by atoms with E-state index >= 15 is 0 Å². The molecular formula is C22H20FN3O. The van der Waals surface area contributed by atoms with Crippen LogP contribution in [-0.2, 0) is 5.41 Å². The fraction of sp³-hybridized carbons (Fsp3) is 0.273. The Balaban J connectivity index is 1.55. The summed E-state index contributed by atoms with van der Waals surface area (Å²) >= 11 is 0. The topological polar surface area (TPSA) is 38.1 Å². The summed E-state index contributed by atoms with van der Waals surface area (Å²) < 4.78 is 16.5. The minimum atomic E-state index is -0.226. The highest BCUT2D eigenvalue weighted by molar-refractivity contribution is 6.08. The van der Waals surface area contributed by atoms with Gasteiger partial charge in [-0.05, 0) is 49.2 Å². The summed E-state index contributed by atoms with van der Waals surface area (Å²) in [5.41, 5.74) is 2.66. The lowest BCUT2D eigenvalue weighted by molar-refractivity contribution is 0.0985. The van der Waals surface area contributed by atoms with Gasteiger partial charge in [-0.25, -0.2) is 9.07 Å². The molecule has 1 aliphatic carbocycles. The second-order valence-electron chi connectivity index (χ2n) is 7.51. The SMILES string of the molecule is O=C(c1cccc(-n2cccn2)c1)N1CC2(CCCC2)c2c(F)cccc21. The van der Waals surface area contributed by atoms with Crippen molar-refractivity contribution in [2.24, 2.45) is 0 Å². The molecule has 2 aromatic carbocycles. The Bertz CT molecular complexity index is 1010. The normalized spacial score (nSPS) is 17.4. The molecule has 4 nitrogen and oxygen atoms in total. The van der Waals surface area contributed by atoms with Crippen LogP contribution < -0.4 is 4.90 Å². The number of fused-ring (bicyclic) bond motifs is 2. The molecule has 136 valence electrons. The average Bonchev–Trinajstić information content (AvgIpc) is 3.43. The van der Waals surface area contributed by atoms with Gasteiger partial charge >= 0.3 is 0 Å². The third kappa shape index (κ3) is 2.49. The van der Waals surface area contributed by atoms with Crippen LogP contribution in [0.5, 0.6) is 0 Å². The molecule has 0 bridgehead atoms. The van der Waals surface area contributed by atoms with Crippen LogP contribution in [0.3, 0.4) is 0 Å². The van der Waals surface area contributed by atoms with E-state index in [0.29, 0.717) is 12.1 Å². The lowest BCUT2D eigenvalue weighted by Crippen LogP contribution is -2.35. The van der Waals surface area contributed by atoms with E-state index in [0.717, 1.165) is 42.6 Å². The molecule has 2 heterocycles. The quantitative estimate of drug-likeness (QED) is 0.675. The molecule has 3 aromatic rings. The Kier molecular flexibility index (Phi) is 3.64. The van der Waals surface area contributed by atoms with Crippen molar-refractivity contribution < 1.29 is 9.18 Å². The first-order valence-electron chi connectivity index (χ1n) is 9.39. The van der Waals surface area contributed by atoms with Gasteiger partial charge in [0.15, 0.2) is 0 Å². The van der Waals surface area contributed by atoms with Crippen molar-refractivity contribution in [3.63, 3.8) is 0 Å². The molecule has 0 atom stereocenters. The Morgan fingerprint density at radius 3 is 2.67 bits per heavy atom. The van der Waals surface area contributed by atoms with E-state index < -0.39 is 0 Å². The van der Waals surface area contributed by atoms with Crippen molar-refractivity contribution >= 4 is 11.6 Å². The zero-order valence-electron chi connectivity index (χ0n) is 14.9. The van der Waals surface area contributed by atoms with Crippen molar-refractivity contribution in [1.82, 2.24) is 9.78 Å². The summed E-state index contributed by atoms with van der Waals surface area (Å²) in [7, 11) is 0. The number of aromatic nitrogens is 2. The molecule has 1 aliphatic heterocycles. The zero-order valence-corrected chi connectivity index (χ0v) is 14.9. The molecule has 0 unspecified atom stereocenters. The van der Waals surface area contributed by atoms with E-state index in [-0.39, 0.29) is 17.1 Å². The van der Waals surface area contributed by atoms with Crippen molar-refractivity contribution in [2.45, 2.75) is 31.1 Å². The molecule has 1 aromatic heterocycles. The predicted octanol–water partition coefficient (Wildman–Crippen LogP) is 4.48. The number of nitrogens with zero attached hydrogens (tertiary/aromatic N) is 3. The van der Waals surface area contributed by atoms with Gasteiger partial charge in [-0.3, -0.25) is 4.79 Å². The maximum absolute atomic E-state index is 14.7. The van der Waals surface area contributed by atoms with Crippen molar-refractivity contribution in [2.75, 3.05) is 11.4 Å². The number of carbonyl (C=O) groups is 1. The minimum Gasteiger partial charge on any atom is -0.307 e. The first-order valence-corrected chi connectivity index (χ1v) is 9.39. The van der Waals surface area contributed by atoms with Gasteiger partial charge in [-0.2, -0.15) is 5.10 Å². The molecule has 5 rings (SSSR count). The maximum Gasteiger partial charge on any atom is 0.258 e. The van der Waals surface area contributed by atoms with E-state index in [1.165, 1.54) is 6.07 Å². The van der Waals surface area contributed by atoms with Crippen molar-refractivity contribution in [3.8, 4) is 5.69 Å². The molecule has 1 amide bonds. The first-order chi connectivity index (χ1) is 13.2. The summed E-state index contributed by atoms with van der Waals surface area (Å²) in [5.74, 6) is -0.269. The predicted molar refractivity (Wildman–Crippen MR) is 102 cm³/mol. The Hall–Kier alpha value is -2.95. The van der Waals surface area contributed by atoms with Crippen LogP contribution in [-0.4, -0.2) is 22.2 Å². The first kappa shape index (κ1) is 16.2. The summed E-state index contributed by atoms with van der Waals surface area (Å²) in [5, 5.41) is 4.23. The van der Waals surface area contributed by atoms with Gasteiger partial charge in [-0.15, -0.1) is 0 Å². The number of anilines is 1. The minimum absolute atomic E-state index is 0.0837. The average molecular weight is 361 g/mol. The number of rotatable bonds is 2. The third-order valence-corrected chi connectivity index (χ3v) is 5.94. The Morgan fingerprint density at radius 1 is 1.07 bits per heavy atom. The molecule has 2 aliphatic rings. The Morgan fingerprint density at radius 2 is 1.89 bits per heavy atom. The number of hydrogen-bond donors (Lipinski definition) is 0. The monoisotopic (exact) mass is 361 g/mol. The molecule has 0 radical (unpaired) electrons. The van der Waals surface area contributed by atoms with Gasteiger partial charge in [0.2, 0.25) is 0 Å². The molecule has 27 heavy (non-hydrogen) atoms. The van der Waals surface area contributed by atoms with E-state index in [2.05, 4.69) is 5.10 Å². The van der Waals surface area contributed by atoms with Crippen molar-refractivity contribution in [3.05, 3.63) is 77.9 Å². The van der Waals surface area contributed by atoms with Crippen LogP contribution in [0.4, 0.5) is 10.1 Å². The number of amides is 1. The van der Waals surface area contributed by atoms with Gasteiger partial charge in [0.05, 0.1) is 11.4 Å². The van der Waals surface area contributed by atoms with Crippen LogP contribution >= 0.6 is 0 Å². The molecule has 0 saturated heterocycles. The Labute approximate surface area is 157 Å². The van der Waals surface area contributed by atoms with E-state index in [1.54, 1.807) is 21.8 Å². The number of benzene rings is 2. The third-order valence-electron chi connectivity index (χ3n) is 5.94. The standard InChI is InChI=1S/C22H20FN3O/c23-18-8-4-9-19-20(18)22(10-1-2-11-22)15-25(19)21(27)16-6-3-7-17(14-16)26-13-5-12-24-26/h3-9,12-14H,1-2,10-11,15H2. The van der Waals surface area contributed by atoms with Gasteiger partial charge in [0.25, 0.3) is 5.91 Å². The van der Waals surface area contributed by atoms with Crippen molar-refractivity contribution in [1.29, 1.82) is 0 Å². The van der Waals surface area contributed by atoms with E-state index in [9.17, 15) is 9.18 Å². The largest absolute Gasteiger partial charge is 0.307 e. The second-order valence-corrected chi connectivity index (χ2v) is 7.51. The van der Waals surface area contributed by atoms with Gasteiger partial charge < -0.3 is 4.90 Å². The fourth-order valence-electron chi connectivity index (χ4n) is 4.73.